The molecule has 1 aliphatic rings. The van der Waals surface area contributed by atoms with Gasteiger partial charge in [-0.15, -0.1) is 6.58 Å². The topological polar surface area (TPSA) is 15.3 Å². The van der Waals surface area contributed by atoms with E-state index >= 15 is 0 Å². The summed E-state index contributed by atoms with van der Waals surface area (Å²) >= 11 is 0. The van der Waals surface area contributed by atoms with Crippen LogP contribution in [-0.2, 0) is 12.4 Å². The van der Waals surface area contributed by atoms with Crippen LogP contribution >= 0.6 is 0 Å². The molecule has 1 saturated heterocycles. The van der Waals surface area contributed by atoms with E-state index in [4.69, 9.17) is 0 Å². The molecule has 1 heterocycles. The standard InChI is InChI=1S/C15H15F7N2/c1-2-12(24-5-3-23-4-6-24)13-10(15(20,21)22)7-9(8-11(13)16)14(17,18)19/h2,7-8,12,23H,1,3-6H2/t12-/m0/s1. The van der Waals surface area contributed by atoms with Crippen molar-refractivity contribution in [3.05, 3.63) is 47.3 Å². The van der Waals surface area contributed by atoms with Gasteiger partial charge in [0.2, 0.25) is 0 Å². The number of hydrogen-bond donors (Lipinski definition) is 1. The molecule has 2 nitrogen and oxygen atoms in total. The zero-order chi connectivity index (χ0) is 18.1. The third-order valence-electron chi connectivity index (χ3n) is 3.83. The predicted octanol–water partition coefficient (Wildman–Crippen LogP) is 4.00. The Morgan fingerprint density at radius 2 is 1.62 bits per heavy atom. The van der Waals surface area contributed by atoms with Gasteiger partial charge in [-0.1, -0.05) is 6.08 Å². The van der Waals surface area contributed by atoms with Gasteiger partial charge in [0.1, 0.15) is 5.82 Å². The molecule has 0 amide bonds. The van der Waals surface area contributed by atoms with E-state index in [1.807, 2.05) is 0 Å². The minimum Gasteiger partial charge on any atom is -0.314 e. The Hall–Kier alpha value is -1.61. The summed E-state index contributed by atoms with van der Waals surface area (Å²) in [5.41, 5.74) is -4.12. The van der Waals surface area contributed by atoms with E-state index in [2.05, 4.69) is 11.9 Å². The maximum atomic E-state index is 14.3. The van der Waals surface area contributed by atoms with E-state index < -0.39 is 40.9 Å². The molecule has 24 heavy (non-hydrogen) atoms. The van der Waals surface area contributed by atoms with E-state index in [1.165, 1.54) is 0 Å². The summed E-state index contributed by atoms with van der Waals surface area (Å²) in [6.07, 6.45) is -9.07. The van der Waals surface area contributed by atoms with Crippen molar-refractivity contribution in [1.82, 2.24) is 10.2 Å². The number of rotatable bonds is 3. The first-order chi connectivity index (χ1) is 11.1. The Labute approximate surface area is 133 Å². The fourth-order valence-electron chi connectivity index (χ4n) is 2.73. The highest BCUT2D eigenvalue weighted by atomic mass is 19.4. The normalized spacial score (nSPS) is 18.5. The second-order valence-electron chi connectivity index (χ2n) is 5.38. The summed E-state index contributed by atoms with van der Waals surface area (Å²) in [5, 5.41) is 2.99. The number of alkyl halides is 6. The first-order valence-electron chi connectivity index (χ1n) is 7.11. The lowest BCUT2D eigenvalue weighted by Crippen LogP contribution is -2.45. The molecule has 9 heteroatoms. The maximum Gasteiger partial charge on any atom is 0.416 e. The maximum absolute atomic E-state index is 14.3. The van der Waals surface area contributed by atoms with Gasteiger partial charge in [0.05, 0.1) is 17.2 Å². The predicted molar refractivity (Wildman–Crippen MR) is 73.8 cm³/mol. The zero-order valence-corrected chi connectivity index (χ0v) is 12.4. The summed E-state index contributed by atoms with van der Waals surface area (Å²) in [6, 6.07) is -1.11. The molecule has 1 aromatic rings. The number of benzene rings is 1. The van der Waals surface area contributed by atoms with Crippen LogP contribution < -0.4 is 5.32 Å². The monoisotopic (exact) mass is 356 g/mol. The van der Waals surface area contributed by atoms with Gasteiger partial charge in [0.15, 0.2) is 0 Å². The molecule has 1 N–H and O–H groups in total. The number of nitrogens with one attached hydrogen (secondary N) is 1. The molecular formula is C15H15F7N2. The minimum absolute atomic E-state index is 0.0445. The summed E-state index contributed by atoms with van der Waals surface area (Å²) < 4.78 is 92.3. The molecule has 0 aromatic heterocycles. The van der Waals surface area contributed by atoms with Crippen LogP contribution in [0.5, 0.6) is 0 Å². The van der Waals surface area contributed by atoms with Crippen LogP contribution in [0.2, 0.25) is 0 Å². The van der Waals surface area contributed by atoms with Gasteiger partial charge in [-0.3, -0.25) is 4.90 Å². The molecule has 1 aromatic carbocycles. The number of nitrogens with zero attached hydrogens (tertiary/aromatic N) is 1. The lowest BCUT2D eigenvalue weighted by Gasteiger charge is -2.35. The van der Waals surface area contributed by atoms with Crippen LogP contribution in [0.25, 0.3) is 0 Å². The van der Waals surface area contributed by atoms with Gasteiger partial charge in [0, 0.05) is 31.7 Å². The Balaban J connectivity index is 2.60. The quantitative estimate of drug-likeness (QED) is 0.651. The largest absolute Gasteiger partial charge is 0.416 e. The van der Waals surface area contributed by atoms with Gasteiger partial charge < -0.3 is 5.32 Å². The average molecular weight is 356 g/mol. The van der Waals surface area contributed by atoms with Gasteiger partial charge in [-0.05, 0) is 12.1 Å². The molecule has 1 atom stereocenters. The average Bonchev–Trinajstić information content (AvgIpc) is 2.48. The fraction of sp³-hybridized carbons (Fsp3) is 0.467. The molecule has 1 fully saturated rings. The van der Waals surface area contributed by atoms with Crippen LogP contribution in [0.15, 0.2) is 24.8 Å². The lowest BCUT2D eigenvalue weighted by atomic mass is 9.95. The summed E-state index contributed by atoms with van der Waals surface area (Å²) in [6.45, 7) is 5.05. The third kappa shape index (κ3) is 3.89. The van der Waals surface area contributed by atoms with E-state index in [0.29, 0.717) is 26.2 Å². The van der Waals surface area contributed by atoms with Crippen LogP contribution in [-0.4, -0.2) is 31.1 Å². The van der Waals surface area contributed by atoms with Crippen LogP contribution in [0.1, 0.15) is 22.7 Å². The smallest absolute Gasteiger partial charge is 0.314 e. The van der Waals surface area contributed by atoms with Crippen molar-refractivity contribution in [3.8, 4) is 0 Å². The fourth-order valence-corrected chi connectivity index (χ4v) is 2.73. The Morgan fingerprint density at radius 3 is 2.08 bits per heavy atom. The van der Waals surface area contributed by atoms with Gasteiger partial charge >= 0.3 is 12.4 Å². The lowest BCUT2D eigenvalue weighted by molar-refractivity contribution is -0.144. The second-order valence-corrected chi connectivity index (χ2v) is 5.38. The molecule has 0 spiro atoms. The molecule has 0 bridgehead atoms. The van der Waals surface area contributed by atoms with Gasteiger partial charge in [-0.25, -0.2) is 4.39 Å². The van der Waals surface area contributed by atoms with Crippen molar-refractivity contribution >= 4 is 0 Å². The van der Waals surface area contributed by atoms with Crippen LogP contribution in [0, 0.1) is 5.82 Å². The van der Waals surface area contributed by atoms with E-state index in [-0.39, 0.29) is 12.1 Å². The first-order valence-corrected chi connectivity index (χ1v) is 7.11. The Bertz CT molecular complexity index is 601. The van der Waals surface area contributed by atoms with Crippen molar-refractivity contribution in [3.63, 3.8) is 0 Å². The molecule has 0 aliphatic carbocycles. The van der Waals surface area contributed by atoms with E-state index in [1.54, 1.807) is 4.90 Å². The third-order valence-corrected chi connectivity index (χ3v) is 3.83. The van der Waals surface area contributed by atoms with E-state index in [9.17, 15) is 30.7 Å². The zero-order valence-electron chi connectivity index (χ0n) is 12.4. The highest BCUT2D eigenvalue weighted by Crippen LogP contribution is 2.42. The molecule has 0 unspecified atom stereocenters. The van der Waals surface area contributed by atoms with E-state index in [0.717, 1.165) is 6.08 Å². The summed E-state index contributed by atoms with van der Waals surface area (Å²) in [7, 11) is 0. The van der Waals surface area contributed by atoms with Crippen LogP contribution in [0.4, 0.5) is 30.7 Å². The number of halogens is 7. The Morgan fingerprint density at radius 1 is 1.04 bits per heavy atom. The highest BCUT2D eigenvalue weighted by Gasteiger charge is 2.41. The van der Waals surface area contributed by atoms with Crippen LogP contribution in [0.3, 0.4) is 0 Å². The molecule has 0 radical (unpaired) electrons. The summed E-state index contributed by atoms with van der Waals surface area (Å²) in [4.78, 5) is 1.55. The van der Waals surface area contributed by atoms with Gasteiger partial charge in [-0.2, -0.15) is 26.3 Å². The Kier molecular flexibility index (Phi) is 5.24. The molecule has 134 valence electrons. The SMILES string of the molecule is C=C[C@@H](c1c(F)cc(C(F)(F)F)cc1C(F)(F)F)N1CCNCC1. The second kappa shape index (κ2) is 6.72. The minimum atomic E-state index is -5.12. The number of piperazine rings is 1. The first kappa shape index (κ1) is 18.7. The molecular weight excluding hydrogens is 341 g/mol. The van der Waals surface area contributed by atoms with Crippen molar-refractivity contribution in [2.75, 3.05) is 26.2 Å². The highest BCUT2D eigenvalue weighted by molar-refractivity contribution is 5.40. The summed E-state index contributed by atoms with van der Waals surface area (Å²) in [5.74, 6) is -1.54. The molecule has 2 rings (SSSR count). The molecule has 1 aliphatic heterocycles. The number of hydrogen-bond acceptors (Lipinski definition) is 2. The van der Waals surface area contributed by atoms with Crippen molar-refractivity contribution < 1.29 is 30.7 Å². The van der Waals surface area contributed by atoms with Gasteiger partial charge in [0.25, 0.3) is 0 Å². The van der Waals surface area contributed by atoms with Crippen molar-refractivity contribution in [2.45, 2.75) is 18.4 Å². The molecule has 0 saturated carbocycles. The van der Waals surface area contributed by atoms with Crippen molar-refractivity contribution in [2.24, 2.45) is 0 Å². The van der Waals surface area contributed by atoms with Crippen molar-refractivity contribution in [1.29, 1.82) is 0 Å².